The van der Waals surface area contributed by atoms with Crippen LogP contribution < -0.4 is 5.32 Å². The first kappa shape index (κ1) is 20.0. The van der Waals surface area contributed by atoms with Crippen molar-refractivity contribution < 1.29 is 22.0 Å². The van der Waals surface area contributed by atoms with Crippen molar-refractivity contribution in [1.29, 1.82) is 0 Å². The average Bonchev–Trinajstić information content (AvgIpc) is 3.42. The van der Waals surface area contributed by atoms with Crippen LogP contribution in [0.25, 0.3) is 11.5 Å². The van der Waals surface area contributed by atoms with Gasteiger partial charge in [0.05, 0.1) is 4.34 Å². The maximum absolute atomic E-state index is 13.0. The second kappa shape index (κ2) is 7.82. The first-order chi connectivity index (χ1) is 13.8. The molecule has 0 spiro atoms. The molecular formula is C17H14ClFN4O4S2. The maximum atomic E-state index is 13.0. The highest BCUT2D eigenvalue weighted by molar-refractivity contribution is 7.91. The Kier molecular flexibility index (Phi) is 5.38. The van der Waals surface area contributed by atoms with E-state index in [9.17, 15) is 17.6 Å². The number of amides is 1. The van der Waals surface area contributed by atoms with Crippen molar-refractivity contribution in [3.8, 4) is 11.5 Å². The van der Waals surface area contributed by atoms with Crippen LogP contribution in [0.15, 0.2) is 45.0 Å². The molecule has 1 N–H and O–H groups in total. The van der Waals surface area contributed by atoms with Gasteiger partial charge in [-0.15, -0.1) is 16.4 Å². The number of anilines is 1. The third kappa shape index (κ3) is 4.04. The van der Waals surface area contributed by atoms with Gasteiger partial charge in [0.2, 0.25) is 11.8 Å². The minimum atomic E-state index is -3.84. The van der Waals surface area contributed by atoms with Crippen LogP contribution in [-0.4, -0.2) is 41.4 Å². The number of sulfonamides is 1. The van der Waals surface area contributed by atoms with Crippen LogP contribution in [0, 0.1) is 5.82 Å². The Labute approximate surface area is 174 Å². The monoisotopic (exact) mass is 456 g/mol. The predicted molar refractivity (Wildman–Crippen MR) is 105 cm³/mol. The molecule has 1 atom stereocenters. The van der Waals surface area contributed by atoms with E-state index in [1.807, 2.05) is 0 Å². The lowest BCUT2D eigenvalue weighted by molar-refractivity contribution is -0.119. The van der Waals surface area contributed by atoms with Crippen LogP contribution in [0.5, 0.6) is 0 Å². The number of carbonyl (C=O) groups is 1. The molecule has 3 heterocycles. The number of benzene rings is 1. The fourth-order valence-corrected chi connectivity index (χ4v) is 6.28. The lowest BCUT2D eigenvalue weighted by Gasteiger charge is -2.21. The van der Waals surface area contributed by atoms with Crippen molar-refractivity contribution in [2.45, 2.75) is 23.1 Å². The van der Waals surface area contributed by atoms with Gasteiger partial charge in [0.25, 0.3) is 10.0 Å². The topological polar surface area (TPSA) is 105 Å². The van der Waals surface area contributed by atoms with Gasteiger partial charge in [-0.2, -0.15) is 4.31 Å². The SMILES string of the molecule is O=C(Nc1nnc(-c2ccc(F)cc2)o1)C1CCCN1S(=O)(=O)c1ccc(Cl)s1. The summed E-state index contributed by atoms with van der Waals surface area (Å²) in [6.45, 7) is 0.223. The van der Waals surface area contributed by atoms with Crippen LogP contribution in [0.1, 0.15) is 12.8 Å². The average molecular weight is 457 g/mol. The summed E-state index contributed by atoms with van der Waals surface area (Å²) >= 11 is 6.79. The van der Waals surface area contributed by atoms with E-state index in [0.717, 1.165) is 15.6 Å². The largest absolute Gasteiger partial charge is 0.403 e. The Bertz CT molecular complexity index is 1150. The zero-order valence-electron chi connectivity index (χ0n) is 14.7. The quantitative estimate of drug-likeness (QED) is 0.631. The van der Waals surface area contributed by atoms with E-state index in [0.29, 0.717) is 22.7 Å². The number of aromatic nitrogens is 2. The molecule has 1 aromatic carbocycles. The summed E-state index contributed by atoms with van der Waals surface area (Å²) in [4.78, 5) is 12.7. The Morgan fingerprint density at radius 2 is 2.00 bits per heavy atom. The van der Waals surface area contributed by atoms with Crippen LogP contribution in [0.4, 0.5) is 10.4 Å². The highest BCUT2D eigenvalue weighted by Gasteiger charge is 2.40. The maximum Gasteiger partial charge on any atom is 0.322 e. The highest BCUT2D eigenvalue weighted by atomic mass is 35.5. The summed E-state index contributed by atoms with van der Waals surface area (Å²) in [5, 5.41) is 10.0. The Morgan fingerprint density at radius 3 is 2.69 bits per heavy atom. The molecule has 1 aliphatic rings. The van der Waals surface area contributed by atoms with Gasteiger partial charge in [0.1, 0.15) is 16.1 Å². The Morgan fingerprint density at radius 1 is 1.24 bits per heavy atom. The molecule has 1 aliphatic heterocycles. The van der Waals surface area contributed by atoms with Crippen molar-refractivity contribution in [2.24, 2.45) is 0 Å². The molecule has 1 fully saturated rings. The number of hydrogen-bond donors (Lipinski definition) is 1. The number of halogens is 2. The van der Waals surface area contributed by atoms with Crippen LogP contribution in [0.2, 0.25) is 4.34 Å². The second-order valence-electron chi connectivity index (χ2n) is 6.24. The number of hydrogen-bond acceptors (Lipinski definition) is 7. The lowest BCUT2D eigenvalue weighted by atomic mass is 10.2. The number of rotatable bonds is 5. The molecule has 0 saturated carbocycles. The molecule has 2 aromatic heterocycles. The van der Waals surface area contributed by atoms with Gasteiger partial charge in [0.15, 0.2) is 0 Å². The number of carbonyl (C=O) groups excluding carboxylic acids is 1. The molecule has 1 unspecified atom stereocenters. The zero-order valence-corrected chi connectivity index (χ0v) is 17.1. The summed E-state index contributed by atoms with van der Waals surface area (Å²) in [5.41, 5.74) is 0.485. The van der Waals surface area contributed by atoms with E-state index < -0.39 is 27.8 Å². The molecule has 0 bridgehead atoms. The van der Waals surface area contributed by atoms with Crippen molar-refractivity contribution in [3.63, 3.8) is 0 Å². The summed E-state index contributed by atoms with van der Waals surface area (Å²) in [5.74, 6) is -0.871. The lowest BCUT2D eigenvalue weighted by Crippen LogP contribution is -2.42. The van der Waals surface area contributed by atoms with Crippen molar-refractivity contribution in [2.75, 3.05) is 11.9 Å². The normalized spacial score (nSPS) is 17.5. The van der Waals surface area contributed by atoms with E-state index in [1.54, 1.807) is 0 Å². The minimum absolute atomic E-state index is 0.0820. The van der Waals surface area contributed by atoms with Gasteiger partial charge in [-0.05, 0) is 49.2 Å². The fraction of sp³-hybridized carbons (Fsp3) is 0.235. The van der Waals surface area contributed by atoms with Gasteiger partial charge in [-0.25, -0.2) is 12.8 Å². The van der Waals surface area contributed by atoms with E-state index in [2.05, 4.69) is 15.5 Å². The van der Waals surface area contributed by atoms with Gasteiger partial charge >= 0.3 is 6.01 Å². The molecule has 0 aliphatic carbocycles. The predicted octanol–water partition coefficient (Wildman–Crippen LogP) is 3.38. The third-order valence-corrected chi connectivity index (χ3v) is 7.97. The van der Waals surface area contributed by atoms with Crippen LogP contribution >= 0.6 is 22.9 Å². The van der Waals surface area contributed by atoms with Crippen LogP contribution in [-0.2, 0) is 14.8 Å². The first-order valence-electron chi connectivity index (χ1n) is 8.52. The van der Waals surface area contributed by atoms with Gasteiger partial charge in [0, 0.05) is 12.1 Å². The molecule has 29 heavy (non-hydrogen) atoms. The molecule has 0 radical (unpaired) electrons. The zero-order chi connectivity index (χ0) is 20.6. The van der Waals surface area contributed by atoms with E-state index in [-0.39, 0.29) is 22.7 Å². The molecule has 12 heteroatoms. The molecule has 1 saturated heterocycles. The number of thiophene rings is 1. The second-order valence-corrected chi connectivity index (χ2v) is 10.1. The standard InChI is InChI=1S/C17H14ClFN4O4S2/c18-13-7-8-14(28-13)29(25,26)23-9-1-2-12(23)15(24)20-17-22-21-16(27-17)10-3-5-11(19)6-4-10/h3-8,12H,1-2,9H2,(H,20,22,24). The summed E-state index contributed by atoms with van der Waals surface area (Å²) in [6, 6.07) is 7.27. The molecule has 3 aromatic rings. The van der Waals surface area contributed by atoms with Gasteiger partial charge in [-0.1, -0.05) is 16.7 Å². The molecule has 1 amide bonds. The fourth-order valence-electron chi connectivity index (χ4n) is 3.01. The molecule has 4 rings (SSSR count). The van der Waals surface area contributed by atoms with Crippen molar-refractivity contribution in [1.82, 2.24) is 14.5 Å². The van der Waals surface area contributed by atoms with Gasteiger partial charge in [-0.3, -0.25) is 10.1 Å². The summed E-state index contributed by atoms with van der Waals surface area (Å²) in [6.07, 6.45) is 0.907. The Balaban J connectivity index is 1.50. The number of nitrogens with one attached hydrogen (secondary N) is 1. The van der Waals surface area contributed by atoms with E-state index in [1.165, 1.54) is 36.4 Å². The molecular weight excluding hydrogens is 443 g/mol. The minimum Gasteiger partial charge on any atom is -0.403 e. The van der Waals surface area contributed by atoms with Gasteiger partial charge < -0.3 is 4.42 Å². The van der Waals surface area contributed by atoms with E-state index in [4.69, 9.17) is 16.0 Å². The smallest absolute Gasteiger partial charge is 0.322 e. The van der Waals surface area contributed by atoms with Crippen molar-refractivity contribution in [3.05, 3.63) is 46.6 Å². The van der Waals surface area contributed by atoms with Crippen molar-refractivity contribution >= 4 is 44.9 Å². The number of nitrogens with zero attached hydrogens (tertiary/aromatic N) is 3. The molecule has 152 valence electrons. The summed E-state index contributed by atoms with van der Waals surface area (Å²) < 4.78 is 45.7. The first-order valence-corrected chi connectivity index (χ1v) is 11.2. The molecule has 8 nitrogen and oxygen atoms in total. The third-order valence-electron chi connectivity index (χ3n) is 4.36. The van der Waals surface area contributed by atoms with E-state index >= 15 is 0 Å². The highest BCUT2D eigenvalue weighted by Crippen LogP contribution is 2.32. The summed E-state index contributed by atoms with van der Waals surface area (Å²) in [7, 11) is -3.84. The van der Waals surface area contributed by atoms with Crippen LogP contribution in [0.3, 0.4) is 0 Å². The Hall–Kier alpha value is -2.34.